The monoisotopic (exact) mass is 515 g/mol. The molecular formula is C30H33N3O3S. The number of carbonyl (C=O) groups excluding carboxylic acids is 1. The van der Waals surface area contributed by atoms with Crippen molar-refractivity contribution in [2.45, 2.75) is 19.3 Å². The Bertz CT molecular complexity index is 1280. The van der Waals surface area contributed by atoms with E-state index in [9.17, 15) is 4.79 Å². The number of hydrogen-bond donors (Lipinski definition) is 0. The Kier molecular flexibility index (Phi) is 8.14. The van der Waals surface area contributed by atoms with Crippen LogP contribution in [0.4, 0.5) is 5.13 Å². The molecule has 37 heavy (non-hydrogen) atoms. The molecule has 1 aliphatic heterocycles. The van der Waals surface area contributed by atoms with Crippen LogP contribution < -0.4 is 9.64 Å². The van der Waals surface area contributed by atoms with Crippen LogP contribution in [-0.4, -0.2) is 62.3 Å². The molecule has 1 aliphatic rings. The Morgan fingerprint density at radius 2 is 1.68 bits per heavy atom. The highest BCUT2D eigenvalue weighted by Gasteiger charge is 2.27. The lowest BCUT2D eigenvalue weighted by atomic mass is 9.88. The maximum Gasteiger partial charge on any atom is 0.229 e. The maximum atomic E-state index is 14.1. The first-order valence-electron chi connectivity index (χ1n) is 12.8. The molecule has 6 nitrogen and oxygen atoms in total. The van der Waals surface area contributed by atoms with Crippen molar-refractivity contribution >= 4 is 32.6 Å². The van der Waals surface area contributed by atoms with Crippen molar-refractivity contribution < 1.29 is 14.3 Å². The van der Waals surface area contributed by atoms with Crippen LogP contribution in [0.2, 0.25) is 0 Å². The van der Waals surface area contributed by atoms with Crippen LogP contribution in [0.1, 0.15) is 29.0 Å². The SMILES string of the molecule is COc1ccc(C)c2sc(N(CCN3CCOCC3)C(=O)CC(c3ccccc3)c3ccccc3)nc12. The Labute approximate surface area is 222 Å². The van der Waals surface area contributed by atoms with Gasteiger partial charge >= 0.3 is 0 Å². The van der Waals surface area contributed by atoms with E-state index in [2.05, 4.69) is 36.1 Å². The van der Waals surface area contributed by atoms with Crippen LogP contribution in [0.15, 0.2) is 72.8 Å². The molecule has 4 aromatic rings. The Morgan fingerprint density at radius 3 is 2.30 bits per heavy atom. The fraction of sp³-hybridized carbons (Fsp3) is 0.333. The fourth-order valence-corrected chi connectivity index (χ4v) is 5.95. The van der Waals surface area contributed by atoms with Gasteiger partial charge in [0.25, 0.3) is 0 Å². The lowest BCUT2D eigenvalue weighted by Crippen LogP contribution is -2.43. The number of thiazole rings is 1. The Hall–Kier alpha value is -3.26. The van der Waals surface area contributed by atoms with Crippen molar-refractivity contribution in [1.29, 1.82) is 0 Å². The first-order chi connectivity index (χ1) is 18.1. The van der Waals surface area contributed by atoms with E-state index in [1.54, 1.807) is 18.4 Å². The van der Waals surface area contributed by atoms with Gasteiger partial charge in [-0.2, -0.15) is 0 Å². The fourth-order valence-electron chi connectivity index (χ4n) is 4.86. The molecule has 1 saturated heterocycles. The minimum Gasteiger partial charge on any atom is -0.494 e. The average molecular weight is 516 g/mol. The van der Waals surface area contributed by atoms with Crippen molar-refractivity contribution in [3.63, 3.8) is 0 Å². The molecule has 1 amide bonds. The summed E-state index contributed by atoms with van der Waals surface area (Å²) in [5.41, 5.74) is 4.22. The van der Waals surface area contributed by atoms with Crippen LogP contribution in [0, 0.1) is 6.92 Å². The van der Waals surface area contributed by atoms with Crippen LogP contribution >= 0.6 is 11.3 Å². The van der Waals surface area contributed by atoms with E-state index in [-0.39, 0.29) is 11.8 Å². The van der Waals surface area contributed by atoms with Gasteiger partial charge in [-0.25, -0.2) is 4.98 Å². The van der Waals surface area contributed by atoms with E-state index in [0.29, 0.717) is 13.0 Å². The largest absolute Gasteiger partial charge is 0.494 e. The number of fused-ring (bicyclic) bond motifs is 1. The van der Waals surface area contributed by atoms with Crippen LogP contribution in [0.5, 0.6) is 5.75 Å². The molecule has 0 saturated carbocycles. The predicted octanol–water partition coefficient (Wildman–Crippen LogP) is 5.50. The number of anilines is 1. The van der Waals surface area contributed by atoms with Gasteiger partial charge < -0.3 is 9.47 Å². The molecule has 192 valence electrons. The lowest BCUT2D eigenvalue weighted by molar-refractivity contribution is -0.118. The predicted molar refractivity (Wildman–Crippen MR) is 150 cm³/mol. The normalized spacial score (nSPS) is 14.2. The minimum atomic E-state index is -0.0357. The van der Waals surface area contributed by atoms with Gasteiger partial charge in [-0.1, -0.05) is 78.1 Å². The molecule has 0 aliphatic carbocycles. The molecule has 5 rings (SSSR count). The minimum absolute atomic E-state index is 0.0357. The molecule has 1 aromatic heterocycles. The van der Waals surface area contributed by atoms with Gasteiger partial charge in [0.15, 0.2) is 5.13 Å². The number of ether oxygens (including phenoxy) is 2. The standard InChI is InChI=1S/C30H33N3O3S/c1-22-13-14-26(35-2)28-29(22)37-30(31-28)33(16-15-32-17-19-36-20-18-32)27(34)21-25(23-9-5-3-6-10-23)24-11-7-4-8-12-24/h3-14,25H,15-21H2,1-2H3. The van der Waals surface area contributed by atoms with Gasteiger partial charge in [-0.05, 0) is 29.7 Å². The van der Waals surface area contributed by atoms with Gasteiger partial charge in [-0.15, -0.1) is 0 Å². The van der Waals surface area contributed by atoms with Crippen LogP contribution in [0.25, 0.3) is 10.2 Å². The third-order valence-corrected chi connectivity index (χ3v) is 8.18. The zero-order valence-electron chi connectivity index (χ0n) is 21.4. The van der Waals surface area contributed by atoms with E-state index in [0.717, 1.165) is 70.6 Å². The number of benzene rings is 3. The summed E-state index contributed by atoms with van der Waals surface area (Å²) in [6.07, 6.45) is 0.364. The van der Waals surface area contributed by atoms with E-state index in [1.807, 2.05) is 53.4 Å². The zero-order valence-corrected chi connectivity index (χ0v) is 22.2. The number of aromatic nitrogens is 1. The zero-order chi connectivity index (χ0) is 25.6. The van der Waals surface area contributed by atoms with Crippen LogP contribution in [0.3, 0.4) is 0 Å². The molecule has 0 radical (unpaired) electrons. The van der Waals surface area contributed by atoms with E-state index in [4.69, 9.17) is 14.5 Å². The summed E-state index contributed by atoms with van der Waals surface area (Å²) in [7, 11) is 1.66. The smallest absolute Gasteiger partial charge is 0.229 e. The molecule has 2 heterocycles. The topological polar surface area (TPSA) is 54.9 Å². The highest BCUT2D eigenvalue weighted by Crippen LogP contribution is 2.37. The third kappa shape index (κ3) is 5.85. The third-order valence-electron chi connectivity index (χ3n) is 6.97. The summed E-state index contributed by atoms with van der Waals surface area (Å²) in [4.78, 5) is 23.3. The molecule has 0 bridgehead atoms. The molecule has 7 heteroatoms. The lowest BCUT2D eigenvalue weighted by Gasteiger charge is -2.30. The average Bonchev–Trinajstić information content (AvgIpc) is 3.40. The second kappa shape index (κ2) is 11.9. The number of carbonyl (C=O) groups is 1. The molecule has 0 spiro atoms. The summed E-state index contributed by atoms with van der Waals surface area (Å²) < 4.78 is 12.2. The summed E-state index contributed by atoms with van der Waals surface area (Å²) in [5.74, 6) is 0.767. The molecule has 1 fully saturated rings. The summed E-state index contributed by atoms with van der Waals surface area (Å²) in [5, 5.41) is 0.723. The van der Waals surface area contributed by atoms with Crippen molar-refractivity contribution in [2.24, 2.45) is 0 Å². The highest BCUT2D eigenvalue weighted by molar-refractivity contribution is 7.22. The van der Waals surface area contributed by atoms with Gasteiger partial charge in [-0.3, -0.25) is 14.6 Å². The number of aryl methyl sites for hydroxylation is 1. The number of hydrogen-bond acceptors (Lipinski definition) is 6. The van der Waals surface area contributed by atoms with Gasteiger partial charge in [0.2, 0.25) is 5.91 Å². The molecule has 3 aromatic carbocycles. The summed E-state index contributed by atoms with van der Waals surface area (Å²) >= 11 is 1.57. The van der Waals surface area contributed by atoms with Gasteiger partial charge in [0.1, 0.15) is 11.3 Å². The van der Waals surface area contributed by atoms with E-state index in [1.165, 1.54) is 0 Å². The number of amides is 1. The Morgan fingerprint density at radius 1 is 1.03 bits per heavy atom. The Balaban J connectivity index is 1.48. The highest BCUT2D eigenvalue weighted by atomic mass is 32.1. The quantitative estimate of drug-likeness (QED) is 0.295. The molecule has 0 atom stereocenters. The first-order valence-corrected chi connectivity index (χ1v) is 13.6. The van der Waals surface area contributed by atoms with Gasteiger partial charge in [0, 0.05) is 38.5 Å². The first kappa shape index (κ1) is 25.4. The van der Waals surface area contributed by atoms with Crippen molar-refractivity contribution in [3.05, 3.63) is 89.5 Å². The van der Waals surface area contributed by atoms with Crippen molar-refractivity contribution in [3.8, 4) is 5.75 Å². The molecule has 0 N–H and O–H groups in total. The summed E-state index contributed by atoms with van der Waals surface area (Å²) in [6.45, 7) is 6.66. The second-order valence-electron chi connectivity index (χ2n) is 9.34. The maximum absolute atomic E-state index is 14.1. The number of methoxy groups -OCH3 is 1. The van der Waals surface area contributed by atoms with Gasteiger partial charge in [0.05, 0.1) is 25.0 Å². The van der Waals surface area contributed by atoms with E-state index >= 15 is 0 Å². The van der Waals surface area contributed by atoms with Crippen molar-refractivity contribution in [1.82, 2.24) is 9.88 Å². The number of nitrogens with zero attached hydrogens (tertiary/aromatic N) is 3. The number of morpholine rings is 1. The second-order valence-corrected chi connectivity index (χ2v) is 10.3. The van der Waals surface area contributed by atoms with Crippen molar-refractivity contribution in [2.75, 3.05) is 51.4 Å². The molecule has 0 unspecified atom stereocenters. The van der Waals surface area contributed by atoms with Crippen LogP contribution in [-0.2, 0) is 9.53 Å². The number of rotatable bonds is 9. The summed E-state index contributed by atoms with van der Waals surface area (Å²) in [6, 6.07) is 24.6. The van der Waals surface area contributed by atoms with E-state index < -0.39 is 0 Å². The molecular weight excluding hydrogens is 482 g/mol.